The average Bonchev–Trinajstić information content (AvgIpc) is 2.23. The van der Waals surface area contributed by atoms with E-state index in [9.17, 15) is 4.79 Å². The minimum Gasteiger partial charge on any atom is -0.352 e. The van der Waals surface area contributed by atoms with Gasteiger partial charge in [-0.1, -0.05) is 13.8 Å². The molecule has 0 aromatic heterocycles. The highest BCUT2D eigenvalue weighted by Gasteiger charge is 2.21. The van der Waals surface area contributed by atoms with Crippen molar-refractivity contribution < 1.29 is 4.79 Å². The molecule has 3 heteroatoms. The molecule has 2 atom stereocenters. The highest BCUT2D eigenvalue weighted by atomic mass is 16.1. The zero-order chi connectivity index (χ0) is 11.3. The molecule has 0 aliphatic carbocycles. The van der Waals surface area contributed by atoms with Crippen LogP contribution in [0.15, 0.2) is 0 Å². The van der Waals surface area contributed by atoms with Gasteiger partial charge in [-0.15, -0.1) is 0 Å². The first-order valence-corrected chi connectivity index (χ1v) is 6.21. The van der Waals surface area contributed by atoms with Crippen LogP contribution in [0.2, 0.25) is 0 Å². The molecule has 1 amide bonds. The summed E-state index contributed by atoms with van der Waals surface area (Å²) in [5.41, 5.74) is 0. The molecule has 0 saturated carbocycles. The Balaban J connectivity index is 2.31. The van der Waals surface area contributed by atoms with Crippen LogP contribution in [-0.4, -0.2) is 24.5 Å². The molecule has 1 aliphatic heterocycles. The fraction of sp³-hybridized carbons (Fsp3) is 0.917. The van der Waals surface area contributed by atoms with E-state index in [0.717, 1.165) is 32.2 Å². The molecular formula is C12H24N2O. The first-order chi connectivity index (χ1) is 7.17. The molecule has 88 valence electrons. The summed E-state index contributed by atoms with van der Waals surface area (Å²) in [6, 6.07) is 0.945. The third kappa shape index (κ3) is 3.82. The van der Waals surface area contributed by atoms with Crippen LogP contribution < -0.4 is 10.6 Å². The Bertz CT molecular complexity index is 194. The standard InChI is InChI=1S/C12H24N2O/c1-4-10(5-2)12(15)14-11-7-6-9(3)13-8-11/h9-11,13H,4-8H2,1-3H3,(H,14,15). The van der Waals surface area contributed by atoms with Gasteiger partial charge in [-0.05, 0) is 32.6 Å². The van der Waals surface area contributed by atoms with E-state index < -0.39 is 0 Å². The Hall–Kier alpha value is -0.570. The van der Waals surface area contributed by atoms with Crippen molar-refractivity contribution in [2.24, 2.45) is 5.92 Å². The van der Waals surface area contributed by atoms with E-state index in [1.807, 2.05) is 0 Å². The topological polar surface area (TPSA) is 41.1 Å². The monoisotopic (exact) mass is 212 g/mol. The van der Waals surface area contributed by atoms with Crippen molar-refractivity contribution in [1.29, 1.82) is 0 Å². The summed E-state index contributed by atoms with van der Waals surface area (Å²) in [6.07, 6.45) is 4.16. The molecule has 0 radical (unpaired) electrons. The summed E-state index contributed by atoms with van der Waals surface area (Å²) in [5, 5.41) is 6.54. The van der Waals surface area contributed by atoms with Crippen molar-refractivity contribution >= 4 is 5.91 Å². The summed E-state index contributed by atoms with van der Waals surface area (Å²) >= 11 is 0. The normalized spacial score (nSPS) is 26.7. The van der Waals surface area contributed by atoms with Crippen LogP contribution in [0, 0.1) is 5.92 Å². The second kappa shape index (κ2) is 6.11. The second-order valence-corrected chi connectivity index (χ2v) is 4.61. The molecule has 0 spiro atoms. The number of amides is 1. The Kier molecular flexibility index (Phi) is 5.09. The molecule has 1 fully saturated rings. The number of carbonyl (C=O) groups excluding carboxylic acids is 1. The van der Waals surface area contributed by atoms with Crippen LogP contribution >= 0.6 is 0 Å². The summed E-state index contributed by atoms with van der Waals surface area (Å²) < 4.78 is 0. The van der Waals surface area contributed by atoms with E-state index in [0.29, 0.717) is 12.1 Å². The molecule has 1 rings (SSSR count). The van der Waals surface area contributed by atoms with Crippen molar-refractivity contribution in [3.8, 4) is 0 Å². The first kappa shape index (κ1) is 12.5. The molecule has 2 N–H and O–H groups in total. The third-order valence-corrected chi connectivity index (χ3v) is 3.36. The van der Waals surface area contributed by atoms with Gasteiger partial charge in [0.15, 0.2) is 0 Å². The predicted molar refractivity (Wildman–Crippen MR) is 62.7 cm³/mol. The molecule has 3 nitrogen and oxygen atoms in total. The Labute approximate surface area is 93.0 Å². The maximum Gasteiger partial charge on any atom is 0.223 e. The van der Waals surface area contributed by atoms with E-state index >= 15 is 0 Å². The maximum absolute atomic E-state index is 11.8. The van der Waals surface area contributed by atoms with Crippen LogP contribution in [0.3, 0.4) is 0 Å². The van der Waals surface area contributed by atoms with Crippen LogP contribution in [-0.2, 0) is 4.79 Å². The predicted octanol–water partition coefficient (Wildman–Crippen LogP) is 1.68. The van der Waals surface area contributed by atoms with Gasteiger partial charge in [0.1, 0.15) is 0 Å². The summed E-state index contributed by atoms with van der Waals surface area (Å²) in [4.78, 5) is 11.8. The lowest BCUT2D eigenvalue weighted by Crippen LogP contribution is -2.49. The van der Waals surface area contributed by atoms with Gasteiger partial charge >= 0.3 is 0 Å². The minimum absolute atomic E-state index is 0.198. The van der Waals surface area contributed by atoms with E-state index in [4.69, 9.17) is 0 Å². The summed E-state index contributed by atoms with van der Waals surface area (Å²) in [6.45, 7) is 7.27. The van der Waals surface area contributed by atoms with Gasteiger partial charge in [-0.25, -0.2) is 0 Å². The Morgan fingerprint density at radius 3 is 2.53 bits per heavy atom. The Morgan fingerprint density at radius 2 is 2.07 bits per heavy atom. The van der Waals surface area contributed by atoms with Crippen LogP contribution in [0.4, 0.5) is 0 Å². The minimum atomic E-state index is 0.198. The molecule has 0 aromatic rings. The fourth-order valence-electron chi connectivity index (χ4n) is 2.10. The van der Waals surface area contributed by atoms with Gasteiger partial charge < -0.3 is 10.6 Å². The molecule has 15 heavy (non-hydrogen) atoms. The van der Waals surface area contributed by atoms with E-state index in [1.54, 1.807) is 0 Å². The SMILES string of the molecule is CCC(CC)C(=O)NC1CCC(C)NC1. The van der Waals surface area contributed by atoms with Crippen molar-refractivity contribution in [2.45, 2.75) is 58.5 Å². The molecule has 0 bridgehead atoms. The van der Waals surface area contributed by atoms with Gasteiger partial charge in [-0.3, -0.25) is 4.79 Å². The third-order valence-electron chi connectivity index (χ3n) is 3.36. The number of carbonyl (C=O) groups is 1. The van der Waals surface area contributed by atoms with Gasteiger partial charge in [0.2, 0.25) is 5.91 Å². The lowest BCUT2D eigenvalue weighted by Gasteiger charge is -2.29. The van der Waals surface area contributed by atoms with Gasteiger partial charge in [0.05, 0.1) is 0 Å². The molecule has 0 aromatic carbocycles. The maximum atomic E-state index is 11.8. The smallest absolute Gasteiger partial charge is 0.223 e. The molecule has 1 saturated heterocycles. The summed E-state index contributed by atoms with van der Waals surface area (Å²) in [7, 11) is 0. The van der Waals surface area contributed by atoms with E-state index in [2.05, 4.69) is 31.4 Å². The van der Waals surface area contributed by atoms with Crippen molar-refractivity contribution in [3.63, 3.8) is 0 Å². The van der Waals surface area contributed by atoms with Crippen LogP contribution in [0.25, 0.3) is 0 Å². The number of rotatable bonds is 4. The van der Waals surface area contributed by atoms with Gasteiger partial charge in [0.25, 0.3) is 0 Å². The van der Waals surface area contributed by atoms with Gasteiger partial charge in [0, 0.05) is 24.5 Å². The number of hydrogen-bond donors (Lipinski definition) is 2. The fourth-order valence-corrected chi connectivity index (χ4v) is 2.10. The van der Waals surface area contributed by atoms with E-state index in [1.165, 1.54) is 0 Å². The number of nitrogens with one attached hydrogen (secondary N) is 2. The first-order valence-electron chi connectivity index (χ1n) is 6.21. The highest BCUT2D eigenvalue weighted by molar-refractivity contribution is 5.78. The zero-order valence-electron chi connectivity index (χ0n) is 10.2. The van der Waals surface area contributed by atoms with Gasteiger partial charge in [-0.2, -0.15) is 0 Å². The molecule has 2 unspecified atom stereocenters. The second-order valence-electron chi connectivity index (χ2n) is 4.61. The highest BCUT2D eigenvalue weighted by Crippen LogP contribution is 2.11. The number of hydrogen-bond acceptors (Lipinski definition) is 2. The van der Waals surface area contributed by atoms with E-state index in [-0.39, 0.29) is 11.8 Å². The quantitative estimate of drug-likeness (QED) is 0.744. The van der Waals surface area contributed by atoms with Crippen molar-refractivity contribution in [1.82, 2.24) is 10.6 Å². The lowest BCUT2D eigenvalue weighted by atomic mass is 9.99. The molecular weight excluding hydrogens is 188 g/mol. The number of piperidine rings is 1. The largest absolute Gasteiger partial charge is 0.352 e. The lowest BCUT2D eigenvalue weighted by molar-refractivity contribution is -0.126. The summed E-state index contributed by atoms with van der Waals surface area (Å²) in [5.74, 6) is 0.436. The molecule has 1 heterocycles. The van der Waals surface area contributed by atoms with Crippen molar-refractivity contribution in [3.05, 3.63) is 0 Å². The average molecular weight is 212 g/mol. The van der Waals surface area contributed by atoms with Crippen molar-refractivity contribution in [2.75, 3.05) is 6.54 Å². The Morgan fingerprint density at radius 1 is 1.40 bits per heavy atom. The molecule has 1 aliphatic rings. The van der Waals surface area contributed by atoms with Crippen LogP contribution in [0.1, 0.15) is 46.5 Å². The van der Waals surface area contributed by atoms with Crippen LogP contribution in [0.5, 0.6) is 0 Å². The zero-order valence-corrected chi connectivity index (χ0v) is 10.2.